The molecule has 0 aliphatic carbocycles. The van der Waals surface area contributed by atoms with Crippen LogP contribution in [0.15, 0.2) is 24.5 Å². The van der Waals surface area contributed by atoms with E-state index in [2.05, 4.69) is 55.6 Å². The number of fused-ring (bicyclic) bond motifs is 1. The van der Waals surface area contributed by atoms with Gasteiger partial charge in [0.2, 0.25) is 0 Å². The zero-order valence-corrected chi connectivity index (χ0v) is 9.86. The lowest BCUT2D eigenvalue weighted by molar-refractivity contribution is 0.622. The SMILES string of the molecule is CC(C)c1cc2c(ccn2C(C)C)cn1. The monoisotopic (exact) mass is 202 g/mol. The summed E-state index contributed by atoms with van der Waals surface area (Å²) in [5, 5.41) is 1.23. The van der Waals surface area contributed by atoms with Crippen LogP contribution in [0.25, 0.3) is 10.9 Å². The Labute approximate surface area is 90.9 Å². The Bertz CT molecular complexity index is 466. The molecule has 0 atom stereocenters. The minimum absolute atomic E-state index is 0.491. The van der Waals surface area contributed by atoms with Gasteiger partial charge in [-0.15, -0.1) is 0 Å². The van der Waals surface area contributed by atoms with Gasteiger partial charge in [-0.05, 0) is 31.9 Å². The molecule has 0 radical (unpaired) electrons. The first kappa shape index (κ1) is 10.2. The van der Waals surface area contributed by atoms with Crippen LogP contribution in [0.4, 0.5) is 0 Å². The van der Waals surface area contributed by atoms with Gasteiger partial charge in [0, 0.05) is 29.5 Å². The zero-order valence-electron chi connectivity index (χ0n) is 9.86. The van der Waals surface area contributed by atoms with Crippen LogP contribution in [0.1, 0.15) is 45.3 Å². The van der Waals surface area contributed by atoms with Crippen LogP contribution in [-0.4, -0.2) is 9.55 Å². The molecule has 80 valence electrons. The molecule has 0 aromatic carbocycles. The summed E-state index contributed by atoms with van der Waals surface area (Å²) >= 11 is 0. The van der Waals surface area contributed by atoms with Gasteiger partial charge in [-0.2, -0.15) is 0 Å². The molecule has 0 aliphatic rings. The summed E-state index contributed by atoms with van der Waals surface area (Å²) in [7, 11) is 0. The highest BCUT2D eigenvalue weighted by Gasteiger charge is 2.07. The highest BCUT2D eigenvalue weighted by atomic mass is 15.0. The van der Waals surface area contributed by atoms with Crippen molar-refractivity contribution in [2.75, 3.05) is 0 Å². The topological polar surface area (TPSA) is 17.8 Å². The highest BCUT2D eigenvalue weighted by molar-refractivity contribution is 5.79. The molecule has 2 heteroatoms. The van der Waals surface area contributed by atoms with E-state index in [1.807, 2.05) is 6.20 Å². The lowest BCUT2D eigenvalue weighted by Gasteiger charge is -2.10. The van der Waals surface area contributed by atoms with Crippen LogP contribution in [0.3, 0.4) is 0 Å². The molecule has 0 amide bonds. The van der Waals surface area contributed by atoms with E-state index in [9.17, 15) is 0 Å². The first-order valence-electron chi connectivity index (χ1n) is 5.56. The highest BCUT2D eigenvalue weighted by Crippen LogP contribution is 2.22. The Hall–Kier alpha value is -1.31. The van der Waals surface area contributed by atoms with Crippen molar-refractivity contribution in [3.8, 4) is 0 Å². The summed E-state index contributed by atoms with van der Waals surface area (Å²) in [6.07, 6.45) is 4.12. The molecule has 0 unspecified atom stereocenters. The number of nitrogens with zero attached hydrogens (tertiary/aromatic N) is 2. The molecule has 0 saturated heterocycles. The molecule has 0 spiro atoms. The minimum atomic E-state index is 0.491. The first-order chi connectivity index (χ1) is 7.09. The fourth-order valence-corrected chi connectivity index (χ4v) is 1.83. The van der Waals surface area contributed by atoms with Crippen LogP contribution in [0, 0.1) is 0 Å². The Balaban J connectivity index is 2.61. The molecule has 2 nitrogen and oxygen atoms in total. The summed E-state index contributed by atoms with van der Waals surface area (Å²) in [5.74, 6) is 0.491. The summed E-state index contributed by atoms with van der Waals surface area (Å²) in [5.41, 5.74) is 2.46. The molecule has 0 saturated carbocycles. The third kappa shape index (κ3) is 1.76. The van der Waals surface area contributed by atoms with E-state index in [0.717, 1.165) is 0 Å². The maximum Gasteiger partial charge on any atom is 0.0516 e. The zero-order chi connectivity index (χ0) is 11.0. The van der Waals surface area contributed by atoms with Crippen molar-refractivity contribution < 1.29 is 0 Å². The molecular formula is C13H18N2. The van der Waals surface area contributed by atoms with Gasteiger partial charge in [-0.3, -0.25) is 4.98 Å². The number of rotatable bonds is 2. The van der Waals surface area contributed by atoms with Crippen molar-refractivity contribution in [1.29, 1.82) is 0 Å². The summed E-state index contributed by atoms with van der Waals surface area (Å²) in [4.78, 5) is 4.47. The maximum absolute atomic E-state index is 4.47. The molecule has 0 aliphatic heterocycles. The third-order valence-corrected chi connectivity index (χ3v) is 2.77. The molecular weight excluding hydrogens is 184 g/mol. The first-order valence-corrected chi connectivity index (χ1v) is 5.56. The average molecular weight is 202 g/mol. The van der Waals surface area contributed by atoms with Crippen molar-refractivity contribution in [2.24, 2.45) is 0 Å². The largest absolute Gasteiger partial charge is 0.345 e. The van der Waals surface area contributed by atoms with Crippen molar-refractivity contribution in [1.82, 2.24) is 9.55 Å². The second-order valence-electron chi connectivity index (χ2n) is 4.64. The number of hydrogen-bond donors (Lipinski definition) is 0. The molecule has 0 fully saturated rings. The van der Waals surface area contributed by atoms with E-state index in [1.54, 1.807) is 0 Å². The van der Waals surface area contributed by atoms with E-state index in [1.165, 1.54) is 16.6 Å². The fraction of sp³-hybridized carbons (Fsp3) is 0.462. The molecule has 2 rings (SSSR count). The van der Waals surface area contributed by atoms with Gasteiger partial charge < -0.3 is 4.57 Å². The van der Waals surface area contributed by atoms with Crippen molar-refractivity contribution >= 4 is 10.9 Å². The molecule has 2 aromatic rings. The van der Waals surface area contributed by atoms with Gasteiger partial charge in [0.15, 0.2) is 0 Å². The average Bonchev–Trinajstić information content (AvgIpc) is 2.59. The van der Waals surface area contributed by atoms with E-state index in [-0.39, 0.29) is 0 Å². The van der Waals surface area contributed by atoms with E-state index >= 15 is 0 Å². The lowest BCUT2D eigenvalue weighted by atomic mass is 10.1. The summed E-state index contributed by atoms with van der Waals surface area (Å²) in [6.45, 7) is 8.76. The van der Waals surface area contributed by atoms with Gasteiger partial charge in [0.25, 0.3) is 0 Å². The van der Waals surface area contributed by atoms with Crippen LogP contribution < -0.4 is 0 Å². The summed E-state index contributed by atoms with van der Waals surface area (Å²) < 4.78 is 2.29. The van der Waals surface area contributed by atoms with Gasteiger partial charge in [-0.25, -0.2) is 0 Å². The fourth-order valence-electron chi connectivity index (χ4n) is 1.83. The second kappa shape index (κ2) is 3.69. The minimum Gasteiger partial charge on any atom is -0.345 e. The lowest BCUT2D eigenvalue weighted by Crippen LogP contribution is -1.99. The van der Waals surface area contributed by atoms with E-state index < -0.39 is 0 Å². The third-order valence-electron chi connectivity index (χ3n) is 2.77. The molecule has 2 heterocycles. The molecule has 0 N–H and O–H groups in total. The van der Waals surface area contributed by atoms with Crippen molar-refractivity contribution in [3.63, 3.8) is 0 Å². The Kier molecular flexibility index (Phi) is 2.51. The van der Waals surface area contributed by atoms with Crippen LogP contribution in [0.5, 0.6) is 0 Å². The Morgan fingerprint density at radius 3 is 2.53 bits per heavy atom. The van der Waals surface area contributed by atoms with Crippen LogP contribution >= 0.6 is 0 Å². The second-order valence-corrected chi connectivity index (χ2v) is 4.64. The summed E-state index contributed by atoms with van der Waals surface area (Å²) in [6, 6.07) is 4.84. The van der Waals surface area contributed by atoms with Gasteiger partial charge in [0.05, 0.1) is 5.52 Å². The maximum atomic E-state index is 4.47. The quantitative estimate of drug-likeness (QED) is 0.725. The van der Waals surface area contributed by atoms with Gasteiger partial charge in [0.1, 0.15) is 0 Å². The normalized spacial score (nSPS) is 11.9. The predicted octanol–water partition coefficient (Wildman–Crippen LogP) is 3.74. The standard InChI is InChI=1S/C13H18N2/c1-9(2)12-7-13-11(8-14-12)5-6-15(13)10(3)4/h5-10H,1-4H3. The van der Waals surface area contributed by atoms with Crippen LogP contribution in [-0.2, 0) is 0 Å². The van der Waals surface area contributed by atoms with Crippen LogP contribution in [0.2, 0.25) is 0 Å². The number of hydrogen-bond acceptors (Lipinski definition) is 1. The predicted molar refractivity (Wildman–Crippen MR) is 64.2 cm³/mol. The van der Waals surface area contributed by atoms with E-state index in [4.69, 9.17) is 0 Å². The molecule has 15 heavy (non-hydrogen) atoms. The van der Waals surface area contributed by atoms with E-state index in [0.29, 0.717) is 12.0 Å². The molecule has 0 bridgehead atoms. The number of pyridine rings is 1. The Morgan fingerprint density at radius 2 is 1.93 bits per heavy atom. The molecule has 2 aromatic heterocycles. The van der Waals surface area contributed by atoms with Gasteiger partial charge >= 0.3 is 0 Å². The van der Waals surface area contributed by atoms with Gasteiger partial charge in [-0.1, -0.05) is 13.8 Å². The van der Waals surface area contributed by atoms with Crippen molar-refractivity contribution in [2.45, 2.75) is 39.7 Å². The number of aromatic nitrogens is 2. The van der Waals surface area contributed by atoms with Crippen molar-refractivity contribution in [3.05, 3.63) is 30.2 Å². The smallest absolute Gasteiger partial charge is 0.0516 e. The Morgan fingerprint density at radius 1 is 1.20 bits per heavy atom.